The first-order valence-corrected chi connectivity index (χ1v) is 9.43. The number of aliphatic hydroxyl groups is 1. The number of nitrogens with one attached hydrogen (secondary N) is 1. The van der Waals surface area contributed by atoms with E-state index in [9.17, 15) is 5.11 Å². The van der Waals surface area contributed by atoms with Crippen LogP contribution in [0.1, 0.15) is 39.0 Å². The highest BCUT2D eigenvalue weighted by Gasteiger charge is 2.33. The molecule has 0 saturated carbocycles. The monoisotopic (exact) mass is 362 g/mol. The van der Waals surface area contributed by atoms with Crippen LogP contribution in [0.15, 0.2) is 40.3 Å². The highest BCUT2D eigenvalue weighted by molar-refractivity contribution is 5.58. The van der Waals surface area contributed by atoms with Gasteiger partial charge < -0.3 is 30.5 Å². The Bertz CT molecular complexity index is 612. The normalized spacial score (nSPS) is 28.5. The van der Waals surface area contributed by atoms with Crippen molar-refractivity contribution in [1.82, 2.24) is 10.2 Å². The van der Waals surface area contributed by atoms with Gasteiger partial charge in [0.25, 0.3) is 0 Å². The highest BCUT2D eigenvalue weighted by Crippen LogP contribution is 2.36. The molecule has 3 aliphatic heterocycles. The predicted octanol–water partition coefficient (Wildman–Crippen LogP) is 1.57. The molecule has 144 valence electrons. The summed E-state index contributed by atoms with van der Waals surface area (Å²) in [6.45, 7) is 7.86. The maximum absolute atomic E-state index is 9.34. The van der Waals surface area contributed by atoms with Gasteiger partial charge in [0, 0.05) is 24.4 Å². The molecule has 0 spiro atoms. The summed E-state index contributed by atoms with van der Waals surface area (Å²) < 4.78 is 11.6. The van der Waals surface area contributed by atoms with Crippen LogP contribution >= 0.6 is 0 Å². The molecule has 0 bridgehead atoms. The Morgan fingerprint density at radius 3 is 3.15 bits per heavy atom. The van der Waals surface area contributed by atoms with E-state index >= 15 is 0 Å². The SMILES string of the molecule is C=C1NCCCC2=CCN([C@H]3CCC[C@@H](CO[C@@H](C)O)O3)C(N=CN)=C12. The van der Waals surface area contributed by atoms with E-state index in [0.717, 1.165) is 62.3 Å². The highest BCUT2D eigenvalue weighted by atomic mass is 16.6. The first-order valence-electron chi connectivity index (χ1n) is 9.43. The third-order valence-electron chi connectivity index (χ3n) is 5.01. The number of allylic oxidation sites excluding steroid dienone is 1. The van der Waals surface area contributed by atoms with Crippen molar-refractivity contribution >= 4 is 6.34 Å². The average molecular weight is 362 g/mol. The van der Waals surface area contributed by atoms with Crippen molar-refractivity contribution in [2.24, 2.45) is 10.7 Å². The topological polar surface area (TPSA) is 92.3 Å². The molecule has 3 atom stereocenters. The van der Waals surface area contributed by atoms with Gasteiger partial charge in [0.2, 0.25) is 0 Å². The van der Waals surface area contributed by atoms with Crippen molar-refractivity contribution in [1.29, 1.82) is 0 Å². The van der Waals surface area contributed by atoms with Gasteiger partial charge in [-0.3, -0.25) is 0 Å². The standard InChI is InChI=1S/C19H30N4O3/c1-13-18-15(5-4-9-21-13)8-10-23(19(18)22-12-20)17-7-3-6-16(26-17)11-25-14(2)24/h8,12,14,16-17,21,24H,1,3-7,9-11H2,2H3,(H2,20,22)/t14-,16-,17+/m0/s1. The van der Waals surface area contributed by atoms with Crippen molar-refractivity contribution in [3.8, 4) is 0 Å². The molecule has 0 aromatic heterocycles. The second-order valence-electron chi connectivity index (χ2n) is 6.94. The third kappa shape index (κ3) is 4.28. The van der Waals surface area contributed by atoms with Gasteiger partial charge in [-0.2, -0.15) is 0 Å². The molecule has 3 rings (SSSR count). The summed E-state index contributed by atoms with van der Waals surface area (Å²) >= 11 is 0. The summed E-state index contributed by atoms with van der Waals surface area (Å²) in [7, 11) is 0. The van der Waals surface area contributed by atoms with E-state index in [2.05, 4.69) is 27.9 Å². The second-order valence-corrected chi connectivity index (χ2v) is 6.94. The van der Waals surface area contributed by atoms with Gasteiger partial charge in [-0.05, 0) is 44.6 Å². The molecule has 0 aromatic rings. The third-order valence-corrected chi connectivity index (χ3v) is 5.01. The lowest BCUT2D eigenvalue weighted by molar-refractivity contribution is -0.168. The predicted molar refractivity (Wildman–Crippen MR) is 101 cm³/mol. The second kappa shape index (κ2) is 8.70. The van der Waals surface area contributed by atoms with Crippen molar-refractivity contribution in [2.45, 2.75) is 57.6 Å². The lowest BCUT2D eigenvalue weighted by Crippen LogP contribution is -2.44. The van der Waals surface area contributed by atoms with Crippen LogP contribution in [0.4, 0.5) is 0 Å². The molecule has 0 radical (unpaired) electrons. The van der Waals surface area contributed by atoms with Crippen LogP contribution in [0.2, 0.25) is 0 Å². The minimum atomic E-state index is -0.778. The zero-order valence-corrected chi connectivity index (χ0v) is 15.5. The van der Waals surface area contributed by atoms with E-state index < -0.39 is 6.29 Å². The van der Waals surface area contributed by atoms with Crippen molar-refractivity contribution in [2.75, 3.05) is 19.7 Å². The molecule has 2 fully saturated rings. The number of nitrogens with zero attached hydrogens (tertiary/aromatic N) is 2. The number of hydrogen-bond acceptors (Lipinski definition) is 6. The Labute approximate surface area is 155 Å². The van der Waals surface area contributed by atoms with E-state index in [0.29, 0.717) is 6.61 Å². The minimum absolute atomic E-state index is 0.0303. The summed E-state index contributed by atoms with van der Waals surface area (Å²) in [5.41, 5.74) is 8.87. The first-order chi connectivity index (χ1) is 12.6. The number of hydrogen-bond donors (Lipinski definition) is 3. The first kappa shape index (κ1) is 18.9. The molecule has 3 heterocycles. The van der Waals surface area contributed by atoms with E-state index in [-0.39, 0.29) is 12.3 Å². The molecule has 3 aliphatic rings. The minimum Gasteiger partial charge on any atom is -0.390 e. The maximum atomic E-state index is 9.34. The van der Waals surface area contributed by atoms with Gasteiger partial charge in [-0.15, -0.1) is 0 Å². The number of aliphatic imine (C=N–C) groups is 1. The van der Waals surface area contributed by atoms with Gasteiger partial charge in [-0.1, -0.05) is 12.7 Å². The Morgan fingerprint density at radius 1 is 1.54 bits per heavy atom. The average Bonchev–Trinajstić information content (AvgIpc) is 2.82. The molecular formula is C19H30N4O3. The fourth-order valence-electron chi connectivity index (χ4n) is 3.79. The molecule has 0 aliphatic carbocycles. The number of ether oxygens (including phenoxy) is 2. The van der Waals surface area contributed by atoms with Crippen LogP contribution in [0.25, 0.3) is 0 Å². The van der Waals surface area contributed by atoms with E-state index in [1.807, 2.05) is 0 Å². The zero-order chi connectivity index (χ0) is 18.5. The summed E-state index contributed by atoms with van der Waals surface area (Å²) in [6.07, 6.45) is 7.67. The van der Waals surface area contributed by atoms with Crippen LogP contribution in [0.5, 0.6) is 0 Å². The molecular weight excluding hydrogens is 332 g/mol. The molecule has 7 nitrogen and oxygen atoms in total. The van der Waals surface area contributed by atoms with Gasteiger partial charge in [-0.25, -0.2) is 4.99 Å². The summed E-state index contributed by atoms with van der Waals surface area (Å²) in [4.78, 5) is 6.64. The van der Waals surface area contributed by atoms with Crippen molar-refractivity contribution < 1.29 is 14.6 Å². The molecule has 0 amide bonds. The van der Waals surface area contributed by atoms with Crippen LogP contribution in [0.3, 0.4) is 0 Å². The van der Waals surface area contributed by atoms with Crippen molar-refractivity contribution in [3.63, 3.8) is 0 Å². The fraction of sp³-hybridized carbons (Fsp3) is 0.632. The molecule has 26 heavy (non-hydrogen) atoms. The van der Waals surface area contributed by atoms with E-state index in [1.165, 1.54) is 11.9 Å². The van der Waals surface area contributed by atoms with Crippen LogP contribution in [0, 0.1) is 0 Å². The smallest absolute Gasteiger partial charge is 0.151 e. The van der Waals surface area contributed by atoms with Crippen LogP contribution in [-0.4, -0.2) is 54.7 Å². The Hall–Kier alpha value is -1.83. The van der Waals surface area contributed by atoms with Crippen molar-refractivity contribution in [3.05, 3.63) is 35.3 Å². The van der Waals surface area contributed by atoms with E-state index in [4.69, 9.17) is 15.2 Å². The molecule has 7 heteroatoms. The number of rotatable bonds is 5. The fourth-order valence-corrected chi connectivity index (χ4v) is 3.79. The largest absolute Gasteiger partial charge is 0.390 e. The quantitative estimate of drug-likeness (QED) is 0.391. The number of nitrogens with two attached hydrogens (primary N) is 1. The Morgan fingerprint density at radius 2 is 2.38 bits per heavy atom. The summed E-state index contributed by atoms with van der Waals surface area (Å²) in [6, 6.07) is 0. The van der Waals surface area contributed by atoms with E-state index in [1.54, 1.807) is 6.92 Å². The molecule has 4 N–H and O–H groups in total. The lowest BCUT2D eigenvalue weighted by atomic mass is 9.96. The number of aliphatic hydroxyl groups excluding tert-OH is 1. The van der Waals surface area contributed by atoms with Gasteiger partial charge in [0.05, 0.1) is 19.0 Å². The molecule has 0 unspecified atom stereocenters. The Balaban J connectivity index is 1.81. The van der Waals surface area contributed by atoms with Crippen LogP contribution < -0.4 is 11.1 Å². The lowest BCUT2D eigenvalue weighted by Gasteiger charge is -2.41. The number of fused-ring (bicyclic) bond motifs is 1. The molecule has 2 saturated heterocycles. The van der Waals surface area contributed by atoms with Gasteiger partial charge in [0.15, 0.2) is 6.29 Å². The van der Waals surface area contributed by atoms with Gasteiger partial charge >= 0.3 is 0 Å². The van der Waals surface area contributed by atoms with Gasteiger partial charge in [0.1, 0.15) is 12.0 Å². The maximum Gasteiger partial charge on any atom is 0.151 e. The summed E-state index contributed by atoms with van der Waals surface area (Å²) in [5, 5.41) is 12.7. The molecule has 0 aromatic carbocycles. The van der Waals surface area contributed by atoms with Crippen LogP contribution in [-0.2, 0) is 9.47 Å². The zero-order valence-electron chi connectivity index (χ0n) is 15.5. The Kier molecular flexibility index (Phi) is 6.34. The summed E-state index contributed by atoms with van der Waals surface area (Å²) in [5.74, 6) is 0.825.